The number of thiazole rings is 1. The van der Waals surface area contributed by atoms with E-state index in [9.17, 15) is 24.6 Å². The van der Waals surface area contributed by atoms with Gasteiger partial charge in [-0.2, -0.15) is 0 Å². The molecule has 4 bridgehead atoms. The molecule has 2 aromatic rings. The summed E-state index contributed by atoms with van der Waals surface area (Å²) >= 11 is 1.42. The number of carbonyl (C=O) groups excluding carboxylic acids is 3. The SMILES string of the molecule is CCC(=O)N=C1[C@H](C)C[C@H]2C3C/C(=N/OCc4ccc(-c5nc(N)cs5)cn4)CC[C@H]([C@H]1C)[C@](C)(O)[C@@H](CC)OC(=O)[C@@](C)(F)C(=O)[C@H](C)[C@@H](O[C@@H]1O[C@H](C)C[C@H](N(C)C)[C@H]1O)[C@]32C. The summed E-state index contributed by atoms with van der Waals surface area (Å²) in [5, 5.41) is 31.7. The number of rotatable bonds is 9. The number of likely N-dealkylation sites (N-methyl/N-ethyl adjacent to an activating group) is 1. The quantitative estimate of drug-likeness (QED) is 0.138. The number of aliphatic hydroxyl groups is 2. The van der Waals surface area contributed by atoms with Gasteiger partial charge in [-0.15, -0.1) is 11.3 Å². The number of aliphatic imine (C=N–C) groups is 1. The first-order valence-corrected chi connectivity index (χ1v) is 23.7. The number of hydrogen-bond acceptors (Lipinski definition) is 15. The second kappa shape index (κ2) is 19.6. The number of amides is 1. The number of nitrogen functional groups attached to an aromatic ring is 1. The zero-order valence-electron chi connectivity index (χ0n) is 39.2. The Hall–Kier alpha value is -3.74. The number of aromatic nitrogens is 2. The van der Waals surface area contributed by atoms with Crippen molar-refractivity contribution in [1.29, 1.82) is 0 Å². The molecule has 17 heteroatoms. The Morgan fingerprint density at radius 1 is 1.08 bits per heavy atom. The molecule has 5 heterocycles. The molecule has 15 nitrogen and oxygen atoms in total. The normalized spacial score (nSPS) is 40.0. The van der Waals surface area contributed by atoms with Gasteiger partial charge in [-0.1, -0.05) is 46.7 Å². The van der Waals surface area contributed by atoms with Crippen LogP contribution in [0.2, 0.25) is 0 Å². The van der Waals surface area contributed by atoms with Gasteiger partial charge in [0.1, 0.15) is 28.6 Å². The van der Waals surface area contributed by atoms with Crippen LogP contribution in [0.15, 0.2) is 33.9 Å². The zero-order valence-corrected chi connectivity index (χ0v) is 40.1. The van der Waals surface area contributed by atoms with E-state index in [0.29, 0.717) is 55.0 Å². The number of ketones is 1. The highest BCUT2D eigenvalue weighted by atomic mass is 32.1. The topological polar surface area (TPSA) is 208 Å². The van der Waals surface area contributed by atoms with E-state index >= 15 is 4.39 Å². The van der Waals surface area contributed by atoms with Crippen LogP contribution in [0.1, 0.15) is 113 Å². The van der Waals surface area contributed by atoms with Crippen LogP contribution in [0.25, 0.3) is 10.6 Å². The van der Waals surface area contributed by atoms with E-state index in [1.807, 2.05) is 58.8 Å². The van der Waals surface area contributed by atoms with Crippen LogP contribution in [0.4, 0.5) is 10.2 Å². The number of hydrogen-bond donors (Lipinski definition) is 3. The lowest BCUT2D eigenvalue weighted by molar-refractivity contribution is -0.281. The van der Waals surface area contributed by atoms with Gasteiger partial charge >= 0.3 is 5.97 Å². The van der Waals surface area contributed by atoms with Gasteiger partial charge in [0.2, 0.25) is 5.91 Å². The second-order valence-electron chi connectivity index (χ2n) is 19.5. The Morgan fingerprint density at radius 3 is 2.41 bits per heavy atom. The van der Waals surface area contributed by atoms with Crippen molar-refractivity contribution in [3.8, 4) is 10.6 Å². The Balaban J connectivity index is 1.48. The molecule has 5 aliphatic rings. The van der Waals surface area contributed by atoms with E-state index in [1.165, 1.54) is 11.3 Å². The molecule has 1 unspecified atom stereocenters. The van der Waals surface area contributed by atoms with Crippen LogP contribution in [-0.2, 0) is 40.0 Å². The summed E-state index contributed by atoms with van der Waals surface area (Å²) in [4.78, 5) is 63.5. The molecule has 0 radical (unpaired) electrons. The molecule has 2 saturated carbocycles. The van der Waals surface area contributed by atoms with Crippen molar-refractivity contribution in [3.63, 3.8) is 0 Å². The summed E-state index contributed by atoms with van der Waals surface area (Å²) in [6.45, 7) is 15.4. The maximum atomic E-state index is 17.1. The Bertz CT molecular complexity index is 2060. The average molecular weight is 913 g/mol. The van der Waals surface area contributed by atoms with Gasteiger partial charge < -0.3 is 39.9 Å². The number of ether oxygens (including phenoxy) is 3. The number of aliphatic hydroxyl groups excluding tert-OH is 1. The molecule has 4 N–H and O–H groups in total. The molecule has 7 rings (SSSR count). The molecule has 0 spiro atoms. The summed E-state index contributed by atoms with van der Waals surface area (Å²) < 4.78 is 36.1. The van der Waals surface area contributed by atoms with Crippen molar-refractivity contribution in [2.45, 2.75) is 162 Å². The molecule has 354 valence electrons. The van der Waals surface area contributed by atoms with Crippen molar-refractivity contribution in [2.24, 2.45) is 51.1 Å². The second-order valence-corrected chi connectivity index (χ2v) is 20.4. The van der Waals surface area contributed by atoms with E-state index < -0.39 is 70.8 Å². The Kier molecular flexibility index (Phi) is 15.2. The van der Waals surface area contributed by atoms with Crippen molar-refractivity contribution in [1.82, 2.24) is 14.9 Å². The lowest BCUT2D eigenvalue weighted by Crippen LogP contribution is -2.57. The zero-order chi connectivity index (χ0) is 47.1. The van der Waals surface area contributed by atoms with E-state index in [0.717, 1.165) is 17.5 Å². The smallest absolute Gasteiger partial charge is 0.351 e. The molecule has 3 aliphatic heterocycles. The predicted molar refractivity (Wildman–Crippen MR) is 242 cm³/mol. The van der Waals surface area contributed by atoms with Crippen LogP contribution >= 0.6 is 11.3 Å². The predicted octanol–water partition coefficient (Wildman–Crippen LogP) is 6.58. The number of fused-ring (bicyclic) bond motifs is 13. The third kappa shape index (κ3) is 9.99. The number of esters is 1. The molecule has 0 aromatic carbocycles. The number of alkyl halides is 1. The van der Waals surface area contributed by atoms with Crippen LogP contribution < -0.4 is 5.73 Å². The first-order valence-electron chi connectivity index (χ1n) is 22.8. The van der Waals surface area contributed by atoms with Gasteiger partial charge in [0.05, 0.1) is 23.6 Å². The number of anilines is 1. The number of halogens is 1. The summed E-state index contributed by atoms with van der Waals surface area (Å²) in [7, 11) is 3.72. The standard InChI is InChI=1S/C47H69FN6O9S/c1-12-35-47(9,59)31-17-16-29(53-60-22-30-15-14-28(21-50-30)42-51-36(49)23-64-42)20-33-32(18-24(3)38(26(31)5)52-37(55)13-2)45(33,7)41(27(6)40(57)46(8,48)44(58)62-35)63-43-39(56)34(54(10)11)19-25(4)61-43/h14-15,21,23-27,31-35,39,41,43,56,59H,12-13,16-20,22,49H2,1-11H3/b52-38?,53-29+/t24-,25-,26-,27+,31-,32+,33?,34+,35-,39-,41-,43+,45+,46+,47+/m1/s1. The molecular formula is C47H69FN6O9S. The fourth-order valence-electron chi connectivity index (χ4n) is 10.9. The number of oxime groups is 1. The van der Waals surface area contributed by atoms with Gasteiger partial charge in [0.25, 0.3) is 5.67 Å². The van der Waals surface area contributed by atoms with E-state index in [2.05, 4.69) is 9.97 Å². The first kappa shape index (κ1) is 49.7. The molecule has 2 aliphatic carbocycles. The first-order chi connectivity index (χ1) is 30.1. The highest BCUT2D eigenvalue weighted by Gasteiger charge is 2.69. The molecule has 2 aromatic heterocycles. The summed E-state index contributed by atoms with van der Waals surface area (Å²) in [6.07, 6.45) is -0.900. The summed E-state index contributed by atoms with van der Waals surface area (Å²) in [6, 6.07) is 3.39. The van der Waals surface area contributed by atoms with Crippen LogP contribution in [0, 0.1) is 40.9 Å². The monoisotopic (exact) mass is 912 g/mol. The fraction of sp³-hybridized carbons (Fsp3) is 0.723. The fourth-order valence-corrected chi connectivity index (χ4v) is 11.6. The highest BCUT2D eigenvalue weighted by Crippen LogP contribution is 2.67. The Labute approximate surface area is 380 Å². The van der Waals surface area contributed by atoms with Gasteiger partial charge in [-0.3, -0.25) is 14.6 Å². The molecule has 1 amide bonds. The lowest BCUT2D eigenvalue weighted by atomic mass is 9.69. The number of pyridine rings is 1. The third-order valence-electron chi connectivity index (χ3n) is 14.8. The largest absolute Gasteiger partial charge is 0.457 e. The minimum absolute atomic E-state index is 0.0576. The Morgan fingerprint density at radius 2 is 1.80 bits per heavy atom. The number of carbonyl (C=O) groups is 3. The minimum Gasteiger partial charge on any atom is -0.457 e. The van der Waals surface area contributed by atoms with Crippen LogP contribution in [0.5, 0.6) is 0 Å². The molecular weight excluding hydrogens is 844 g/mol. The van der Waals surface area contributed by atoms with Crippen molar-refractivity contribution >= 4 is 46.2 Å². The van der Waals surface area contributed by atoms with Crippen molar-refractivity contribution in [2.75, 3.05) is 19.8 Å². The van der Waals surface area contributed by atoms with E-state index in [1.54, 1.807) is 39.3 Å². The van der Waals surface area contributed by atoms with E-state index in [4.69, 9.17) is 34.9 Å². The minimum atomic E-state index is -3.12. The summed E-state index contributed by atoms with van der Waals surface area (Å²) in [5.41, 5.74) is 2.79. The van der Waals surface area contributed by atoms with Crippen molar-refractivity contribution in [3.05, 3.63) is 29.4 Å². The molecule has 5 fully saturated rings. The molecule has 3 saturated heterocycles. The maximum absolute atomic E-state index is 17.1. The number of nitrogens with two attached hydrogens (primary N) is 1. The summed E-state index contributed by atoms with van der Waals surface area (Å²) in [5.74, 6) is -5.48. The van der Waals surface area contributed by atoms with Crippen LogP contribution in [-0.4, -0.2) is 116 Å². The maximum Gasteiger partial charge on any atom is 0.351 e. The third-order valence-corrected chi connectivity index (χ3v) is 15.7. The van der Waals surface area contributed by atoms with Crippen LogP contribution in [0.3, 0.4) is 0 Å². The molecule has 64 heavy (non-hydrogen) atoms. The van der Waals surface area contributed by atoms with Gasteiger partial charge in [0, 0.05) is 52.6 Å². The number of Topliss-reactive ketones (excluding diaryl/α,β-unsaturated/α-hetero) is 1. The van der Waals surface area contributed by atoms with E-state index in [-0.39, 0.29) is 55.3 Å². The van der Waals surface area contributed by atoms with Gasteiger partial charge in [0.15, 0.2) is 18.7 Å². The number of nitrogens with zero attached hydrogens (tertiary/aromatic N) is 5. The average Bonchev–Trinajstić information content (AvgIpc) is 3.52. The van der Waals surface area contributed by atoms with Crippen molar-refractivity contribution < 1.29 is 48.0 Å². The lowest BCUT2D eigenvalue weighted by Gasteiger charge is -2.44. The highest BCUT2D eigenvalue weighted by molar-refractivity contribution is 7.13. The molecule has 15 atom stereocenters. The van der Waals surface area contributed by atoms with Gasteiger partial charge in [-0.05, 0) is 109 Å². The van der Waals surface area contributed by atoms with Gasteiger partial charge in [-0.25, -0.2) is 19.2 Å².